The van der Waals surface area contributed by atoms with Gasteiger partial charge in [0, 0.05) is 12.8 Å². The summed E-state index contributed by atoms with van der Waals surface area (Å²) < 4.78 is 0. The van der Waals surface area contributed by atoms with Crippen molar-refractivity contribution < 1.29 is 4.79 Å². The average molecular weight is 229 g/mol. The SMILES string of the molecule is CC(C)=O.CCC(C)(C)CC.CN=C(C)C. The van der Waals surface area contributed by atoms with Gasteiger partial charge in [-0.05, 0) is 33.1 Å². The highest BCUT2D eigenvalue weighted by Crippen LogP contribution is 2.22. The monoisotopic (exact) mass is 229 g/mol. The summed E-state index contributed by atoms with van der Waals surface area (Å²) in [5.74, 6) is 0.167. The zero-order valence-corrected chi connectivity index (χ0v) is 12.8. The molecule has 2 nitrogen and oxygen atoms in total. The Kier molecular flexibility index (Phi) is 16.1. The van der Waals surface area contributed by atoms with Gasteiger partial charge in [-0.3, -0.25) is 4.99 Å². The molecule has 0 saturated carbocycles. The molecule has 0 amide bonds. The number of nitrogens with zero attached hydrogens (tertiary/aromatic N) is 1. The Labute approximate surface area is 103 Å². The molecular formula is C14H31NO. The van der Waals surface area contributed by atoms with E-state index in [1.165, 1.54) is 26.7 Å². The van der Waals surface area contributed by atoms with Crippen LogP contribution in [-0.4, -0.2) is 18.5 Å². The van der Waals surface area contributed by atoms with E-state index in [4.69, 9.17) is 0 Å². The molecule has 0 spiro atoms. The van der Waals surface area contributed by atoms with E-state index in [1.54, 1.807) is 7.05 Å². The zero-order chi connectivity index (χ0) is 13.8. The smallest absolute Gasteiger partial charge is 0.126 e. The number of Topliss-reactive ketones (excluding diaryl/α,β-unsaturated/α-hetero) is 1. The maximum Gasteiger partial charge on any atom is 0.126 e. The van der Waals surface area contributed by atoms with Crippen molar-refractivity contribution in [2.45, 2.75) is 68.2 Å². The van der Waals surface area contributed by atoms with Gasteiger partial charge in [0.15, 0.2) is 0 Å². The molecule has 0 heterocycles. The van der Waals surface area contributed by atoms with Crippen molar-refractivity contribution in [2.24, 2.45) is 10.4 Å². The van der Waals surface area contributed by atoms with Crippen LogP contribution >= 0.6 is 0 Å². The van der Waals surface area contributed by atoms with Gasteiger partial charge < -0.3 is 4.79 Å². The van der Waals surface area contributed by atoms with Crippen LogP contribution in [0.5, 0.6) is 0 Å². The fourth-order valence-corrected chi connectivity index (χ4v) is 0.250. The molecule has 98 valence electrons. The normalized spacial score (nSPS) is 9.06. The molecule has 0 aliphatic heterocycles. The van der Waals surface area contributed by atoms with Crippen LogP contribution in [-0.2, 0) is 4.79 Å². The highest BCUT2D eigenvalue weighted by molar-refractivity contribution is 5.78. The van der Waals surface area contributed by atoms with Crippen molar-refractivity contribution in [3.63, 3.8) is 0 Å². The highest BCUT2D eigenvalue weighted by Gasteiger charge is 2.09. The lowest BCUT2D eigenvalue weighted by Gasteiger charge is -2.18. The van der Waals surface area contributed by atoms with Crippen molar-refractivity contribution in [3.05, 3.63) is 0 Å². The quantitative estimate of drug-likeness (QED) is 0.640. The number of hydrogen-bond acceptors (Lipinski definition) is 2. The lowest BCUT2D eigenvalue weighted by atomic mass is 9.88. The van der Waals surface area contributed by atoms with E-state index in [9.17, 15) is 4.79 Å². The first-order chi connectivity index (χ1) is 7.12. The van der Waals surface area contributed by atoms with Crippen molar-refractivity contribution in [1.82, 2.24) is 0 Å². The third kappa shape index (κ3) is 37.7. The standard InChI is InChI=1S/C7H16.C4H9N.C3H6O/c1-5-7(3,4)6-2;1-4(2)5-3;1-3(2)4/h5-6H2,1-4H3;1-3H3;1-2H3. The lowest BCUT2D eigenvalue weighted by Crippen LogP contribution is -2.05. The Morgan fingerprint density at radius 1 is 1.00 bits per heavy atom. The second-order valence-corrected chi connectivity index (χ2v) is 4.95. The summed E-state index contributed by atoms with van der Waals surface area (Å²) in [6, 6.07) is 0. The fourth-order valence-electron chi connectivity index (χ4n) is 0.250. The first-order valence-corrected chi connectivity index (χ1v) is 6.00. The Hall–Kier alpha value is -0.660. The number of ketones is 1. The lowest BCUT2D eigenvalue weighted by molar-refractivity contribution is -0.114. The van der Waals surface area contributed by atoms with Crippen LogP contribution in [0.1, 0.15) is 68.2 Å². The van der Waals surface area contributed by atoms with Crippen LogP contribution in [0.4, 0.5) is 0 Å². The van der Waals surface area contributed by atoms with Gasteiger partial charge in [0.25, 0.3) is 0 Å². The topological polar surface area (TPSA) is 29.4 Å². The first kappa shape index (κ1) is 20.7. The molecule has 0 aliphatic carbocycles. The largest absolute Gasteiger partial charge is 0.300 e. The van der Waals surface area contributed by atoms with Gasteiger partial charge in [-0.25, -0.2) is 0 Å². The summed E-state index contributed by atoms with van der Waals surface area (Å²) in [5.41, 5.74) is 1.71. The molecule has 0 N–H and O–H groups in total. The van der Waals surface area contributed by atoms with Crippen LogP contribution in [0.3, 0.4) is 0 Å². The molecule has 0 radical (unpaired) electrons. The molecule has 2 heteroatoms. The van der Waals surface area contributed by atoms with E-state index in [1.807, 2.05) is 13.8 Å². The minimum atomic E-state index is 0.167. The predicted molar refractivity (Wildman–Crippen MR) is 75.4 cm³/mol. The molecule has 0 fully saturated rings. The van der Waals surface area contributed by atoms with Gasteiger partial charge in [0.2, 0.25) is 0 Å². The van der Waals surface area contributed by atoms with Gasteiger partial charge in [-0.15, -0.1) is 0 Å². The minimum Gasteiger partial charge on any atom is -0.300 e. The number of carbonyl (C=O) groups excluding carboxylic acids is 1. The van der Waals surface area contributed by atoms with E-state index in [2.05, 4.69) is 32.7 Å². The predicted octanol–water partition coefficient (Wildman–Crippen LogP) is 4.52. The van der Waals surface area contributed by atoms with E-state index >= 15 is 0 Å². The van der Waals surface area contributed by atoms with Gasteiger partial charge in [0.1, 0.15) is 5.78 Å². The van der Waals surface area contributed by atoms with Crippen molar-refractivity contribution in [3.8, 4) is 0 Å². The number of hydrogen-bond donors (Lipinski definition) is 0. The zero-order valence-electron chi connectivity index (χ0n) is 12.8. The highest BCUT2D eigenvalue weighted by atomic mass is 16.1. The second kappa shape index (κ2) is 12.4. The van der Waals surface area contributed by atoms with Crippen molar-refractivity contribution in [1.29, 1.82) is 0 Å². The fraction of sp³-hybridized carbons (Fsp3) is 0.857. The minimum absolute atomic E-state index is 0.167. The molecule has 0 bridgehead atoms. The maximum absolute atomic E-state index is 9.44. The molecule has 0 unspecified atom stereocenters. The molecule has 0 aromatic rings. The Bertz CT molecular complexity index is 179. The van der Waals surface area contributed by atoms with Gasteiger partial charge >= 0.3 is 0 Å². The Morgan fingerprint density at radius 3 is 1.19 bits per heavy atom. The number of carbonyl (C=O) groups is 1. The van der Waals surface area contributed by atoms with Crippen LogP contribution in [0.2, 0.25) is 0 Å². The van der Waals surface area contributed by atoms with E-state index in [0.29, 0.717) is 5.41 Å². The molecule has 0 aromatic heterocycles. The van der Waals surface area contributed by atoms with Crippen LogP contribution in [0, 0.1) is 5.41 Å². The van der Waals surface area contributed by atoms with E-state index in [0.717, 1.165) is 5.71 Å². The third-order valence-electron chi connectivity index (χ3n) is 2.36. The molecule has 16 heavy (non-hydrogen) atoms. The van der Waals surface area contributed by atoms with Crippen LogP contribution in [0.15, 0.2) is 4.99 Å². The molecule has 0 aromatic carbocycles. The number of rotatable bonds is 2. The summed E-state index contributed by atoms with van der Waals surface area (Å²) in [7, 11) is 1.79. The molecule has 0 rings (SSSR count). The summed E-state index contributed by atoms with van der Waals surface area (Å²) >= 11 is 0. The first-order valence-electron chi connectivity index (χ1n) is 6.00. The summed E-state index contributed by atoms with van der Waals surface area (Å²) in [4.78, 5) is 13.2. The van der Waals surface area contributed by atoms with Crippen molar-refractivity contribution in [2.75, 3.05) is 7.05 Å². The maximum atomic E-state index is 9.44. The Balaban J connectivity index is -0.000000166. The third-order valence-corrected chi connectivity index (χ3v) is 2.36. The average Bonchev–Trinajstić information content (AvgIpc) is 2.18. The van der Waals surface area contributed by atoms with E-state index in [-0.39, 0.29) is 5.78 Å². The van der Waals surface area contributed by atoms with Gasteiger partial charge in [0.05, 0.1) is 0 Å². The molecule has 0 saturated heterocycles. The number of aliphatic imine (C=N–C) groups is 1. The van der Waals surface area contributed by atoms with Crippen molar-refractivity contribution >= 4 is 11.5 Å². The molecular weight excluding hydrogens is 198 g/mol. The van der Waals surface area contributed by atoms with Gasteiger partial charge in [-0.1, -0.05) is 40.5 Å². The van der Waals surface area contributed by atoms with Crippen LogP contribution in [0.25, 0.3) is 0 Å². The molecule has 0 atom stereocenters. The Morgan fingerprint density at radius 2 is 1.19 bits per heavy atom. The summed E-state index contributed by atoms with van der Waals surface area (Å²) in [6.45, 7) is 16.1. The van der Waals surface area contributed by atoms with E-state index < -0.39 is 0 Å². The summed E-state index contributed by atoms with van der Waals surface area (Å²) in [5, 5.41) is 0. The van der Waals surface area contributed by atoms with Gasteiger partial charge in [-0.2, -0.15) is 0 Å². The molecule has 0 aliphatic rings. The van der Waals surface area contributed by atoms with Crippen LogP contribution < -0.4 is 0 Å². The second-order valence-electron chi connectivity index (χ2n) is 4.95. The summed E-state index contributed by atoms with van der Waals surface area (Å²) in [6.07, 6.45) is 2.59.